The molecule has 0 bridgehead atoms. The van der Waals surface area contributed by atoms with Crippen LogP contribution in [0.4, 0.5) is 4.79 Å². The van der Waals surface area contributed by atoms with Crippen LogP contribution in [0.3, 0.4) is 0 Å². The second-order valence-electron chi connectivity index (χ2n) is 5.77. The van der Waals surface area contributed by atoms with Gasteiger partial charge in [-0.1, -0.05) is 12.8 Å². The van der Waals surface area contributed by atoms with Crippen LogP contribution in [-0.2, 0) is 0 Å². The highest BCUT2D eigenvalue weighted by Gasteiger charge is 2.39. The average molecular weight is 237 g/mol. The molecule has 2 atom stereocenters. The minimum Gasteiger partial charge on any atom is -0.325 e. The Morgan fingerprint density at radius 2 is 1.47 bits per heavy atom. The molecular formula is C13H23N3O. The molecule has 1 N–H and O–H groups in total. The van der Waals surface area contributed by atoms with E-state index >= 15 is 0 Å². The van der Waals surface area contributed by atoms with Crippen molar-refractivity contribution in [3.8, 4) is 0 Å². The highest BCUT2D eigenvalue weighted by atomic mass is 16.2. The number of rotatable bonds is 0. The smallest absolute Gasteiger partial charge is 0.320 e. The largest absolute Gasteiger partial charge is 0.325 e. The van der Waals surface area contributed by atoms with Gasteiger partial charge in [0.25, 0.3) is 0 Å². The van der Waals surface area contributed by atoms with E-state index in [0.717, 1.165) is 39.3 Å². The maximum Gasteiger partial charge on any atom is 0.320 e. The first-order chi connectivity index (χ1) is 8.34. The number of fused-ring (bicyclic) bond motifs is 1. The third-order valence-electron chi connectivity index (χ3n) is 4.54. The fourth-order valence-electron chi connectivity index (χ4n) is 3.47. The van der Waals surface area contributed by atoms with E-state index in [2.05, 4.69) is 15.1 Å². The van der Waals surface area contributed by atoms with E-state index in [0.29, 0.717) is 17.9 Å². The van der Waals surface area contributed by atoms with Gasteiger partial charge in [-0.25, -0.2) is 4.79 Å². The first-order valence-corrected chi connectivity index (χ1v) is 7.09. The molecule has 3 saturated heterocycles. The monoisotopic (exact) mass is 237 g/mol. The third-order valence-corrected chi connectivity index (χ3v) is 4.54. The predicted octanol–water partition coefficient (Wildman–Crippen LogP) is 1.13. The number of amides is 2. The summed E-state index contributed by atoms with van der Waals surface area (Å²) in [4.78, 5) is 16.6. The lowest BCUT2D eigenvalue weighted by Crippen LogP contribution is -2.43. The van der Waals surface area contributed by atoms with Crippen molar-refractivity contribution in [3.05, 3.63) is 0 Å². The Balaban J connectivity index is 1.58. The molecule has 0 aromatic rings. The Labute approximate surface area is 103 Å². The number of carbonyl (C=O) groups excluding carboxylic acids is 1. The first-order valence-electron chi connectivity index (χ1n) is 7.09. The molecule has 96 valence electrons. The summed E-state index contributed by atoms with van der Waals surface area (Å²) in [6.45, 7) is 6.12. The maximum atomic E-state index is 12.4. The third kappa shape index (κ3) is 2.28. The fraction of sp³-hybridized carbons (Fsp3) is 0.923. The van der Waals surface area contributed by atoms with Gasteiger partial charge in [0, 0.05) is 39.3 Å². The summed E-state index contributed by atoms with van der Waals surface area (Å²) < 4.78 is 0. The molecule has 3 heterocycles. The fourth-order valence-corrected chi connectivity index (χ4v) is 3.47. The highest BCUT2D eigenvalue weighted by molar-refractivity contribution is 5.74. The summed E-state index contributed by atoms with van der Waals surface area (Å²) >= 11 is 0. The topological polar surface area (TPSA) is 35.6 Å². The Morgan fingerprint density at radius 3 is 2.06 bits per heavy atom. The molecule has 0 aromatic carbocycles. The number of nitrogens with one attached hydrogen (secondary N) is 1. The summed E-state index contributed by atoms with van der Waals surface area (Å²) in [6, 6.07) is 0.307. The Bertz CT molecular complexity index is 274. The molecule has 0 radical (unpaired) electrons. The van der Waals surface area contributed by atoms with Crippen molar-refractivity contribution in [1.29, 1.82) is 0 Å². The number of nitrogens with zero attached hydrogens (tertiary/aromatic N) is 2. The maximum absolute atomic E-state index is 12.4. The molecule has 4 heteroatoms. The van der Waals surface area contributed by atoms with Crippen molar-refractivity contribution >= 4 is 6.03 Å². The zero-order chi connectivity index (χ0) is 11.7. The van der Waals surface area contributed by atoms with Crippen molar-refractivity contribution < 1.29 is 4.79 Å². The Morgan fingerprint density at radius 1 is 0.882 bits per heavy atom. The molecule has 3 aliphatic heterocycles. The van der Waals surface area contributed by atoms with Crippen molar-refractivity contribution in [3.63, 3.8) is 0 Å². The Hall–Kier alpha value is -0.770. The molecule has 2 amide bonds. The molecule has 3 aliphatic rings. The molecule has 17 heavy (non-hydrogen) atoms. The van der Waals surface area contributed by atoms with Gasteiger partial charge in [-0.3, -0.25) is 0 Å². The van der Waals surface area contributed by atoms with Crippen molar-refractivity contribution in [2.75, 3.05) is 39.3 Å². The predicted molar refractivity (Wildman–Crippen MR) is 66.9 cm³/mol. The summed E-state index contributed by atoms with van der Waals surface area (Å²) in [5.41, 5.74) is 0. The minimum absolute atomic E-state index is 0.307. The summed E-state index contributed by atoms with van der Waals surface area (Å²) in [5.74, 6) is 1.43. The van der Waals surface area contributed by atoms with E-state index in [-0.39, 0.29) is 0 Å². The second-order valence-corrected chi connectivity index (χ2v) is 5.77. The molecule has 0 aromatic heterocycles. The highest BCUT2D eigenvalue weighted by Crippen LogP contribution is 2.27. The van der Waals surface area contributed by atoms with Gasteiger partial charge in [0.1, 0.15) is 0 Å². The average Bonchev–Trinajstić information content (AvgIpc) is 2.80. The van der Waals surface area contributed by atoms with E-state index in [1.54, 1.807) is 0 Å². The van der Waals surface area contributed by atoms with Gasteiger partial charge in [-0.2, -0.15) is 0 Å². The van der Waals surface area contributed by atoms with E-state index in [4.69, 9.17) is 0 Å². The van der Waals surface area contributed by atoms with Crippen LogP contribution in [0.2, 0.25) is 0 Å². The van der Waals surface area contributed by atoms with E-state index in [1.165, 1.54) is 25.7 Å². The molecular weight excluding hydrogens is 214 g/mol. The first kappa shape index (κ1) is 11.3. The molecule has 2 unspecified atom stereocenters. The van der Waals surface area contributed by atoms with Crippen LogP contribution in [0, 0.1) is 11.8 Å². The van der Waals surface area contributed by atoms with Crippen LogP contribution in [0.25, 0.3) is 0 Å². The lowest BCUT2D eigenvalue weighted by atomic mass is 10.0. The van der Waals surface area contributed by atoms with Gasteiger partial charge in [0.05, 0.1) is 0 Å². The van der Waals surface area contributed by atoms with E-state index in [9.17, 15) is 4.79 Å². The lowest BCUT2D eigenvalue weighted by Gasteiger charge is -2.27. The van der Waals surface area contributed by atoms with Crippen molar-refractivity contribution in [2.24, 2.45) is 11.8 Å². The quantitative estimate of drug-likeness (QED) is 0.685. The van der Waals surface area contributed by atoms with Gasteiger partial charge in [-0.05, 0) is 24.7 Å². The standard InChI is InChI=1S/C13H23N3O/c17-13(15-5-3-1-2-4-6-15)16-9-11-7-14-8-12(11)10-16/h11-12,14H,1-10H2. The van der Waals surface area contributed by atoms with Crippen LogP contribution in [0.5, 0.6) is 0 Å². The lowest BCUT2D eigenvalue weighted by molar-refractivity contribution is 0.161. The van der Waals surface area contributed by atoms with Crippen molar-refractivity contribution in [1.82, 2.24) is 15.1 Å². The molecule has 0 spiro atoms. The van der Waals surface area contributed by atoms with Gasteiger partial charge in [0.2, 0.25) is 0 Å². The Kier molecular flexibility index (Phi) is 3.23. The zero-order valence-electron chi connectivity index (χ0n) is 10.5. The van der Waals surface area contributed by atoms with Crippen LogP contribution >= 0.6 is 0 Å². The second kappa shape index (κ2) is 4.84. The van der Waals surface area contributed by atoms with Gasteiger partial charge in [0.15, 0.2) is 0 Å². The van der Waals surface area contributed by atoms with Gasteiger partial charge in [-0.15, -0.1) is 0 Å². The number of urea groups is 1. The minimum atomic E-state index is 0.307. The zero-order valence-corrected chi connectivity index (χ0v) is 10.5. The molecule has 3 fully saturated rings. The van der Waals surface area contributed by atoms with Crippen LogP contribution in [0.1, 0.15) is 25.7 Å². The van der Waals surface area contributed by atoms with Crippen LogP contribution in [0.15, 0.2) is 0 Å². The number of hydrogen-bond acceptors (Lipinski definition) is 2. The number of carbonyl (C=O) groups is 1. The number of hydrogen-bond donors (Lipinski definition) is 1. The van der Waals surface area contributed by atoms with E-state index < -0.39 is 0 Å². The summed E-state index contributed by atoms with van der Waals surface area (Å²) in [6.07, 6.45) is 4.96. The normalized spacial score (nSPS) is 33.6. The SMILES string of the molecule is O=C(N1CCCCCC1)N1CC2CNCC2C1. The van der Waals surface area contributed by atoms with Crippen LogP contribution in [-0.4, -0.2) is 55.1 Å². The van der Waals surface area contributed by atoms with Gasteiger partial charge >= 0.3 is 6.03 Å². The van der Waals surface area contributed by atoms with Crippen LogP contribution < -0.4 is 5.32 Å². The van der Waals surface area contributed by atoms with Crippen molar-refractivity contribution in [2.45, 2.75) is 25.7 Å². The molecule has 0 saturated carbocycles. The summed E-state index contributed by atoms with van der Waals surface area (Å²) in [7, 11) is 0. The molecule has 4 nitrogen and oxygen atoms in total. The molecule has 0 aliphatic carbocycles. The number of likely N-dealkylation sites (tertiary alicyclic amines) is 2. The molecule has 3 rings (SSSR count). The van der Waals surface area contributed by atoms with Gasteiger partial charge < -0.3 is 15.1 Å². The summed E-state index contributed by atoms with van der Waals surface area (Å²) in [5, 5.41) is 3.42. The van der Waals surface area contributed by atoms with E-state index in [1.807, 2.05) is 0 Å².